The van der Waals surface area contributed by atoms with Crippen molar-refractivity contribution in [3.8, 4) is 0 Å². The van der Waals surface area contributed by atoms with Crippen molar-refractivity contribution in [1.29, 1.82) is 0 Å². The lowest BCUT2D eigenvalue weighted by molar-refractivity contribution is -0.139. The SMILES string of the molecule is CO/N=C(/C(=O)OC)c1ccccc1CONC(C)c1ccccc1C(F)(F)F. The lowest BCUT2D eigenvalue weighted by atomic mass is 10.0. The molecule has 0 aliphatic heterocycles. The number of hydroxylamine groups is 1. The highest BCUT2D eigenvalue weighted by Crippen LogP contribution is 2.34. The Hall–Kier alpha value is -2.91. The van der Waals surface area contributed by atoms with Gasteiger partial charge >= 0.3 is 12.1 Å². The molecule has 0 aromatic heterocycles. The highest BCUT2D eigenvalue weighted by Gasteiger charge is 2.34. The van der Waals surface area contributed by atoms with Gasteiger partial charge < -0.3 is 9.57 Å². The van der Waals surface area contributed by atoms with E-state index in [9.17, 15) is 18.0 Å². The molecule has 1 atom stereocenters. The number of carbonyl (C=O) groups excluding carboxylic acids is 1. The van der Waals surface area contributed by atoms with Gasteiger partial charge in [-0.05, 0) is 24.1 Å². The molecule has 29 heavy (non-hydrogen) atoms. The average molecular weight is 410 g/mol. The number of ether oxygens (including phenoxy) is 1. The second-order valence-electron chi connectivity index (χ2n) is 5.98. The Bertz CT molecular complexity index is 869. The predicted molar refractivity (Wildman–Crippen MR) is 99.8 cm³/mol. The molecule has 0 saturated carbocycles. The normalized spacial score (nSPS) is 13.1. The van der Waals surface area contributed by atoms with Gasteiger partial charge in [-0.1, -0.05) is 47.6 Å². The molecule has 0 heterocycles. The maximum absolute atomic E-state index is 13.2. The zero-order valence-corrected chi connectivity index (χ0v) is 16.1. The van der Waals surface area contributed by atoms with E-state index in [0.29, 0.717) is 11.1 Å². The van der Waals surface area contributed by atoms with E-state index in [-0.39, 0.29) is 17.9 Å². The van der Waals surface area contributed by atoms with Gasteiger partial charge in [-0.15, -0.1) is 0 Å². The van der Waals surface area contributed by atoms with Crippen LogP contribution in [0.25, 0.3) is 0 Å². The first-order valence-corrected chi connectivity index (χ1v) is 8.60. The summed E-state index contributed by atoms with van der Waals surface area (Å²) in [7, 11) is 2.51. The van der Waals surface area contributed by atoms with Crippen LogP contribution in [0.5, 0.6) is 0 Å². The number of halogens is 3. The number of nitrogens with one attached hydrogen (secondary N) is 1. The van der Waals surface area contributed by atoms with Crippen LogP contribution in [0.2, 0.25) is 0 Å². The fourth-order valence-corrected chi connectivity index (χ4v) is 2.70. The topological polar surface area (TPSA) is 69.2 Å². The molecule has 2 rings (SSSR count). The third-order valence-corrected chi connectivity index (χ3v) is 4.05. The molecular weight excluding hydrogens is 389 g/mol. The van der Waals surface area contributed by atoms with Crippen LogP contribution in [-0.2, 0) is 32.0 Å². The molecule has 2 aromatic carbocycles. The summed E-state index contributed by atoms with van der Waals surface area (Å²) in [6.45, 7) is 1.52. The zero-order chi connectivity index (χ0) is 21.4. The summed E-state index contributed by atoms with van der Waals surface area (Å²) in [4.78, 5) is 22.1. The Labute approximate surface area is 166 Å². The van der Waals surface area contributed by atoms with E-state index in [1.165, 1.54) is 32.4 Å². The van der Waals surface area contributed by atoms with Crippen molar-refractivity contribution in [2.75, 3.05) is 14.2 Å². The van der Waals surface area contributed by atoms with Gasteiger partial charge in [-0.2, -0.15) is 18.7 Å². The van der Waals surface area contributed by atoms with Gasteiger partial charge in [0.1, 0.15) is 7.11 Å². The number of methoxy groups -OCH3 is 1. The number of carbonyl (C=O) groups is 1. The van der Waals surface area contributed by atoms with Crippen LogP contribution in [0.4, 0.5) is 13.2 Å². The van der Waals surface area contributed by atoms with Crippen LogP contribution in [0.1, 0.15) is 35.2 Å². The second-order valence-corrected chi connectivity index (χ2v) is 5.98. The van der Waals surface area contributed by atoms with Gasteiger partial charge in [0.25, 0.3) is 0 Å². The van der Waals surface area contributed by atoms with Gasteiger partial charge in [-0.3, -0.25) is 4.84 Å². The molecular formula is C20H21F3N2O4. The summed E-state index contributed by atoms with van der Waals surface area (Å²) >= 11 is 0. The number of nitrogens with zero attached hydrogens (tertiary/aromatic N) is 1. The molecule has 0 saturated heterocycles. The number of hydrogen-bond acceptors (Lipinski definition) is 6. The highest BCUT2D eigenvalue weighted by atomic mass is 19.4. The summed E-state index contributed by atoms with van der Waals surface area (Å²) < 4.78 is 44.3. The van der Waals surface area contributed by atoms with Gasteiger partial charge in [0.05, 0.1) is 25.3 Å². The summed E-state index contributed by atoms with van der Waals surface area (Å²) in [5.41, 5.74) is 2.88. The third-order valence-electron chi connectivity index (χ3n) is 4.05. The number of rotatable bonds is 8. The predicted octanol–water partition coefficient (Wildman–Crippen LogP) is 4.01. The van der Waals surface area contributed by atoms with Crippen molar-refractivity contribution in [1.82, 2.24) is 5.48 Å². The van der Waals surface area contributed by atoms with Crippen LogP contribution < -0.4 is 5.48 Å². The molecule has 0 spiro atoms. The monoisotopic (exact) mass is 410 g/mol. The molecule has 9 heteroatoms. The maximum Gasteiger partial charge on any atom is 0.416 e. The van der Waals surface area contributed by atoms with Crippen molar-refractivity contribution < 1.29 is 32.4 Å². The quantitative estimate of drug-likeness (QED) is 0.405. The van der Waals surface area contributed by atoms with Crippen LogP contribution in [0.3, 0.4) is 0 Å². The van der Waals surface area contributed by atoms with E-state index in [4.69, 9.17) is 14.4 Å². The zero-order valence-electron chi connectivity index (χ0n) is 16.1. The lowest BCUT2D eigenvalue weighted by Crippen LogP contribution is -2.23. The van der Waals surface area contributed by atoms with E-state index in [2.05, 4.69) is 10.6 Å². The van der Waals surface area contributed by atoms with Crippen LogP contribution in [0, 0.1) is 0 Å². The molecule has 0 aliphatic rings. The number of benzene rings is 2. The van der Waals surface area contributed by atoms with E-state index in [1.807, 2.05) is 0 Å². The van der Waals surface area contributed by atoms with Gasteiger partial charge in [-0.25, -0.2) is 4.79 Å². The van der Waals surface area contributed by atoms with Crippen LogP contribution >= 0.6 is 0 Å². The van der Waals surface area contributed by atoms with E-state index >= 15 is 0 Å². The molecule has 0 aliphatic carbocycles. The van der Waals surface area contributed by atoms with Gasteiger partial charge in [0.15, 0.2) is 5.71 Å². The number of oxime groups is 1. The highest BCUT2D eigenvalue weighted by molar-refractivity contribution is 6.43. The first kappa shape index (κ1) is 22.4. The average Bonchev–Trinajstić information content (AvgIpc) is 2.71. The van der Waals surface area contributed by atoms with E-state index in [0.717, 1.165) is 6.07 Å². The largest absolute Gasteiger partial charge is 0.464 e. The Morgan fingerprint density at radius 3 is 2.41 bits per heavy atom. The minimum absolute atomic E-state index is 0.0333. The van der Waals surface area contributed by atoms with E-state index in [1.54, 1.807) is 31.2 Å². The van der Waals surface area contributed by atoms with Crippen molar-refractivity contribution in [3.63, 3.8) is 0 Å². The first-order chi connectivity index (χ1) is 13.8. The summed E-state index contributed by atoms with van der Waals surface area (Å²) in [5, 5.41) is 3.70. The summed E-state index contributed by atoms with van der Waals surface area (Å²) in [5.74, 6) is -0.695. The molecule has 156 valence electrons. The molecule has 0 radical (unpaired) electrons. The molecule has 2 aromatic rings. The molecule has 0 amide bonds. The number of alkyl halides is 3. The van der Waals surface area contributed by atoms with Crippen LogP contribution in [-0.4, -0.2) is 25.9 Å². The molecule has 1 unspecified atom stereocenters. The van der Waals surface area contributed by atoms with Crippen molar-refractivity contribution in [2.45, 2.75) is 25.7 Å². The van der Waals surface area contributed by atoms with Crippen molar-refractivity contribution >= 4 is 11.7 Å². The fraction of sp³-hybridized carbons (Fsp3) is 0.300. The minimum Gasteiger partial charge on any atom is -0.464 e. The smallest absolute Gasteiger partial charge is 0.416 e. The Morgan fingerprint density at radius 2 is 1.76 bits per heavy atom. The van der Waals surface area contributed by atoms with Crippen molar-refractivity contribution in [3.05, 3.63) is 70.8 Å². The molecule has 6 nitrogen and oxygen atoms in total. The standard InChI is InChI=1S/C20H21F3N2O4/c1-13(15-9-6-7-11-17(15)20(21,22)23)24-29-12-14-8-4-5-10-16(14)18(25-28-3)19(26)27-2/h4-11,13,24H,12H2,1-3H3/b25-18+. The Kier molecular flexibility index (Phi) is 7.74. The van der Waals surface area contributed by atoms with E-state index < -0.39 is 23.8 Å². The van der Waals surface area contributed by atoms with Gasteiger partial charge in [0.2, 0.25) is 0 Å². The van der Waals surface area contributed by atoms with Gasteiger partial charge in [0, 0.05) is 5.56 Å². The fourth-order valence-electron chi connectivity index (χ4n) is 2.70. The number of hydrogen-bond donors (Lipinski definition) is 1. The molecule has 1 N–H and O–H groups in total. The summed E-state index contributed by atoms with van der Waals surface area (Å²) in [6.07, 6.45) is -4.47. The molecule has 0 fully saturated rings. The second kappa shape index (κ2) is 10.0. The summed E-state index contributed by atoms with van der Waals surface area (Å²) in [6, 6.07) is 11.3. The number of esters is 1. The Balaban J connectivity index is 2.15. The lowest BCUT2D eigenvalue weighted by Gasteiger charge is -2.19. The van der Waals surface area contributed by atoms with Crippen LogP contribution in [0.15, 0.2) is 53.7 Å². The Morgan fingerprint density at radius 1 is 1.10 bits per heavy atom. The van der Waals surface area contributed by atoms with Crippen molar-refractivity contribution in [2.24, 2.45) is 5.16 Å². The maximum atomic E-state index is 13.2. The third kappa shape index (κ3) is 5.78. The first-order valence-electron chi connectivity index (χ1n) is 8.60. The minimum atomic E-state index is -4.47. The molecule has 0 bridgehead atoms.